The van der Waals surface area contributed by atoms with Gasteiger partial charge in [0.25, 0.3) is 0 Å². The van der Waals surface area contributed by atoms with Crippen LogP contribution in [0.3, 0.4) is 0 Å². The Kier molecular flexibility index (Phi) is 6.60. The van der Waals surface area contributed by atoms with Crippen LogP contribution in [0.15, 0.2) is 22.7 Å². The lowest BCUT2D eigenvalue weighted by Gasteiger charge is -2.18. The van der Waals surface area contributed by atoms with E-state index in [1.807, 2.05) is 0 Å². The Bertz CT molecular complexity index is 1080. The lowest BCUT2D eigenvalue weighted by Crippen LogP contribution is -2.17. The van der Waals surface area contributed by atoms with Crippen LogP contribution in [0.4, 0.5) is 5.69 Å². The van der Waals surface area contributed by atoms with E-state index in [0.29, 0.717) is 23.6 Å². The summed E-state index contributed by atoms with van der Waals surface area (Å²) in [6.07, 6.45) is 3.96. The Balaban J connectivity index is 2.16. The quantitative estimate of drug-likeness (QED) is 0.550. The highest BCUT2D eigenvalue weighted by Gasteiger charge is 2.25. The monoisotopic (exact) mass is 433 g/mol. The summed E-state index contributed by atoms with van der Waals surface area (Å²) in [6, 6.07) is 2.99. The molecular formula is C21H27N3O5S. The lowest BCUT2D eigenvalue weighted by atomic mass is 9.96. The van der Waals surface area contributed by atoms with Gasteiger partial charge in [-0.15, -0.1) is 0 Å². The molecule has 0 aliphatic carbocycles. The summed E-state index contributed by atoms with van der Waals surface area (Å²) in [6.45, 7) is 5.79. The van der Waals surface area contributed by atoms with Gasteiger partial charge < -0.3 is 9.84 Å². The number of aryl methyl sites for hydroxylation is 1. The molecule has 0 unspecified atom stereocenters. The van der Waals surface area contributed by atoms with Crippen LogP contribution in [0, 0.1) is 6.92 Å². The number of carbonyl (C=O) groups excluding carboxylic acids is 2. The van der Waals surface area contributed by atoms with Gasteiger partial charge in [-0.25, -0.2) is 13.7 Å². The third-order valence-corrected chi connectivity index (χ3v) is 7.58. The largest absolute Gasteiger partial charge is 0.493 e. The maximum absolute atomic E-state index is 13.3. The number of hydrogen-bond acceptors (Lipinski definition) is 7. The van der Waals surface area contributed by atoms with Crippen molar-refractivity contribution in [2.45, 2.75) is 46.6 Å². The van der Waals surface area contributed by atoms with E-state index in [1.54, 1.807) is 20.8 Å². The van der Waals surface area contributed by atoms with Crippen molar-refractivity contribution < 1.29 is 23.6 Å². The molecule has 0 saturated carbocycles. The van der Waals surface area contributed by atoms with Gasteiger partial charge in [0.1, 0.15) is 5.56 Å². The number of esters is 1. The number of hydrogen-bond donors (Lipinski definition) is 1. The third-order valence-electron chi connectivity index (χ3n) is 5.21. The molecule has 0 spiro atoms. The van der Waals surface area contributed by atoms with Crippen molar-refractivity contribution in [1.82, 2.24) is 9.78 Å². The number of ether oxygens (including phenoxy) is 1. The Morgan fingerprint density at radius 1 is 1.17 bits per heavy atom. The van der Waals surface area contributed by atoms with Crippen LogP contribution in [0.25, 0.3) is 0 Å². The topological polar surface area (TPSA) is 111 Å². The molecule has 1 aromatic heterocycles. The molecule has 2 heterocycles. The molecule has 2 aromatic rings. The molecule has 1 fully saturated rings. The second-order valence-corrected chi connectivity index (χ2v) is 9.76. The number of aromatic hydroxyl groups is 1. The summed E-state index contributed by atoms with van der Waals surface area (Å²) in [4.78, 5) is 25.6. The fourth-order valence-corrected chi connectivity index (χ4v) is 5.81. The number of carbonyl (C=O) groups is 2. The second-order valence-electron chi connectivity index (χ2n) is 7.21. The summed E-state index contributed by atoms with van der Waals surface area (Å²) in [5.74, 6) is -0.282. The second kappa shape index (κ2) is 8.99. The fourth-order valence-electron chi connectivity index (χ4n) is 3.54. The van der Waals surface area contributed by atoms with Crippen LogP contribution in [0.2, 0.25) is 0 Å². The average Bonchev–Trinajstić information content (AvgIpc) is 3.10. The van der Waals surface area contributed by atoms with Gasteiger partial charge in [-0.2, -0.15) is 9.46 Å². The van der Waals surface area contributed by atoms with Gasteiger partial charge in [0.05, 0.1) is 33.8 Å². The first-order valence-electron chi connectivity index (χ1n) is 10.1. The third kappa shape index (κ3) is 4.26. The molecule has 1 N–H and O–H groups in total. The highest BCUT2D eigenvalue weighted by atomic mass is 32.2. The highest BCUT2D eigenvalue weighted by molar-refractivity contribution is 7.93. The molecule has 1 aliphatic rings. The summed E-state index contributed by atoms with van der Waals surface area (Å²) < 4.78 is 24.2. The van der Waals surface area contributed by atoms with E-state index >= 15 is 0 Å². The van der Waals surface area contributed by atoms with Crippen molar-refractivity contribution in [2.24, 2.45) is 4.36 Å². The molecule has 3 rings (SSSR count). The van der Waals surface area contributed by atoms with Gasteiger partial charge in [0, 0.05) is 23.6 Å². The zero-order valence-electron chi connectivity index (χ0n) is 17.5. The molecule has 0 radical (unpaired) electrons. The molecule has 0 amide bonds. The van der Waals surface area contributed by atoms with E-state index in [9.17, 15) is 18.9 Å². The maximum atomic E-state index is 13.3. The Labute approximate surface area is 176 Å². The first kappa shape index (κ1) is 22.0. The Hall–Kier alpha value is -2.68. The molecule has 8 nitrogen and oxygen atoms in total. The zero-order valence-corrected chi connectivity index (χ0v) is 18.3. The molecule has 0 bridgehead atoms. The minimum absolute atomic E-state index is 0.0663. The summed E-state index contributed by atoms with van der Waals surface area (Å²) in [5, 5.41) is 14.3. The molecule has 1 aliphatic heterocycles. The van der Waals surface area contributed by atoms with Crippen molar-refractivity contribution in [2.75, 3.05) is 18.1 Å². The van der Waals surface area contributed by atoms with Gasteiger partial charge >= 0.3 is 5.97 Å². The summed E-state index contributed by atoms with van der Waals surface area (Å²) in [7, 11) is -2.51. The van der Waals surface area contributed by atoms with Gasteiger partial charge in [0.2, 0.25) is 5.88 Å². The number of ketones is 1. The SMILES string of the molecule is CCOC(=O)c1ccc(C(=O)c2cnn(CC)c2O)c(C)c1N=S1(=O)CCCCC1. The number of rotatable bonds is 6. The van der Waals surface area contributed by atoms with E-state index < -0.39 is 21.5 Å². The number of nitrogens with zero attached hydrogens (tertiary/aromatic N) is 3. The molecular weight excluding hydrogens is 406 g/mol. The van der Waals surface area contributed by atoms with Gasteiger partial charge in [-0.3, -0.25) is 4.79 Å². The first-order valence-corrected chi connectivity index (χ1v) is 12.0. The van der Waals surface area contributed by atoms with E-state index in [2.05, 4.69) is 9.46 Å². The van der Waals surface area contributed by atoms with Crippen LogP contribution >= 0.6 is 0 Å². The number of benzene rings is 1. The maximum Gasteiger partial charge on any atom is 0.340 e. The predicted octanol–water partition coefficient (Wildman–Crippen LogP) is 3.61. The highest BCUT2D eigenvalue weighted by Crippen LogP contribution is 2.33. The molecule has 162 valence electrons. The predicted molar refractivity (Wildman–Crippen MR) is 114 cm³/mol. The normalized spacial score (nSPS) is 15.6. The van der Waals surface area contributed by atoms with Crippen molar-refractivity contribution in [3.63, 3.8) is 0 Å². The van der Waals surface area contributed by atoms with Crippen LogP contribution < -0.4 is 0 Å². The summed E-state index contributed by atoms with van der Waals surface area (Å²) in [5.41, 5.74) is 1.19. The van der Waals surface area contributed by atoms with E-state index in [0.717, 1.165) is 19.3 Å². The van der Waals surface area contributed by atoms with E-state index in [1.165, 1.54) is 23.0 Å². The first-order chi connectivity index (χ1) is 14.3. The molecule has 0 atom stereocenters. The van der Waals surface area contributed by atoms with Crippen LogP contribution in [0.5, 0.6) is 5.88 Å². The van der Waals surface area contributed by atoms with E-state index in [4.69, 9.17) is 4.74 Å². The van der Waals surface area contributed by atoms with Crippen LogP contribution in [0.1, 0.15) is 65.0 Å². The average molecular weight is 434 g/mol. The number of aromatic nitrogens is 2. The lowest BCUT2D eigenvalue weighted by molar-refractivity contribution is 0.0527. The minimum Gasteiger partial charge on any atom is -0.493 e. The summed E-state index contributed by atoms with van der Waals surface area (Å²) >= 11 is 0. The molecule has 1 saturated heterocycles. The molecule has 1 aromatic carbocycles. The minimum atomic E-state index is -2.51. The standard InChI is InChI=1S/C21H27N3O5S/c1-4-24-20(26)17(13-22-24)19(25)15-9-10-16(21(27)29-5-2)18(14(15)3)23-30(28)11-7-6-8-12-30/h9-10,13,26H,4-8,11-12H2,1-3H3. The van der Waals surface area contributed by atoms with Crippen LogP contribution in [-0.4, -0.2) is 49.0 Å². The van der Waals surface area contributed by atoms with E-state index in [-0.39, 0.29) is 34.9 Å². The van der Waals surface area contributed by atoms with Gasteiger partial charge in [-0.05, 0) is 51.3 Å². The zero-order chi connectivity index (χ0) is 21.9. The fraction of sp³-hybridized carbons (Fsp3) is 0.476. The van der Waals surface area contributed by atoms with Gasteiger partial charge in [-0.1, -0.05) is 6.42 Å². The van der Waals surface area contributed by atoms with Crippen molar-refractivity contribution in [3.05, 3.63) is 40.6 Å². The molecule has 30 heavy (non-hydrogen) atoms. The molecule has 9 heteroatoms. The Morgan fingerprint density at radius 3 is 2.43 bits per heavy atom. The van der Waals surface area contributed by atoms with Crippen molar-refractivity contribution in [1.29, 1.82) is 0 Å². The van der Waals surface area contributed by atoms with Crippen molar-refractivity contribution in [3.8, 4) is 5.88 Å². The smallest absolute Gasteiger partial charge is 0.340 e. The van der Waals surface area contributed by atoms with Crippen molar-refractivity contribution >= 4 is 27.2 Å². The van der Waals surface area contributed by atoms with Crippen LogP contribution in [-0.2, 0) is 21.0 Å². The Morgan fingerprint density at radius 2 is 1.83 bits per heavy atom. The van der Waals surface area contributed by atoms with Gasteiger partial charge in [0.15, 0.2) is 5.78 Å².